The number of amides is 2. The number of para-hydroxylation sites is 1. The van der Waals surface area contributed by atoms with Gasteiger partial charge < -0.3 is 10.6 Å². The van der Waals surface area contributed by atoms with Gasteiger partial charge in [-0.3, -0.25) is 9.59 Å². The first-order valence-corrected chi connectivity index (χ1v) is 6.82. The lowest BCUT2D eigenvalue weighted by atomic mass is 10.2. The fraction of sp³-hybridized carbons (Fsp3) is 0.429. The molecule has 19 heavy (non-hydrogen) atoms. The minimum Gasteiger partial charge on any atom is -0.356 e. The minimum absolute atomic E-state index is 0.183. The predicted octanol–water partition coefficient (Wildman–Crippen LogP) is 2.98. The lowest BCUT2D eigenvalue weighted by Crippen LogP contribution is -2.28. The number of carbonyl (C=O) groups is 2. The molecule has 0 aliphatic heterocycles. The summed E-state index contributed by atoms with van der Waals surface area (Å²) in [5.41, 5.74) is 0.521. The number of benzene rings is 1. The van der Waals surface area contributed by atoms with E-state index in [0.717, 1.165) is 19.3 Å². The lowest BCUT2D eigenvalue weighted by Gasteiger charge is -2.07. The third-order valence-corrected chi connectivity index (χ3v) is 2.90. The van der Waals surface area contributed by atoms with Gasteiger partial charge in [0.25, 0.3) is 0 Å². The second kappa shape index (κ2) is 8.53. The molecule has 0 aliphatic rings. The number of halogens is 1. The molecule has 5 heteroatoms. The summed E-state index contributed by atoms with van der Waals surface area (Å²) in [5, 5.41) is 5.78. The minimum atomic E-state index is -0.360. The summed E-state index contributed by atoms with van der Waals surface area (Å²) >= 11 is 5.91. The van der Waals surface area contributed by atoms with Gasteiger partial charge in [-0.15, -0.1) is 0 Å². The molecular weight excluding hydrogens is 264 g/mol. The highest BCUT2D eigenvalue weighted by Gasteiger charge is 2.10. The topological polar surface area (TPSA) is 58.2 Å². The van der Waals surface area contributed by atoms with Gasteiger partial charge in [-0.2, -0.15) is 0 Å². The van der Waals surface area contributed by atoms with Crippen molar-refractivity contribution in [3.05, 3.63) is 29.3 Å². The number of hydrogen-bond acceptors (Lipinski definition) is 2. The van der Waals surface area contributed by atoms with Crippen LogP contribution in [-0.4, -0.2) is 18.4 Å². The first-order chi connectivity index (χ1) is 9.13. The van der Waals surface area contributed by atoms with Crippen molar-refractivity contribution in [3.8, 4) is 0 Å². The van der Waals surface area contributed by atoms with Crippen LogP contribution in [-0.2, 0) is 9.59 Å². The first kappa shape index (κ1) is 15.5. The van der Waals surface area contributed by atoms with Crippen LogP contribution in [0.5, 0.6) is 0 Å². The molecule has 1 aromatic rings. The molecule has 2 amide bonds. The summed E-state index contributed by atoms with van der Waals surface area (Å²) < 4.78 is 0. The fourth-order valence-corrected chi connectivity index (χ4v) is 1.75. The van der Waals surface area contributed by atoms with E-state index in [1.807, 2.05) is 0 Å². The van der Waals surface area contributed by atoms with Crippen LogP contribution in [0.2, 0.25) is 5.02 Å². The van der Waals surface area contributed by atoms with Crippen molar-refractivity contribution >= 4 is 29.1 Å². The summed E-state index contributed by atoms with van der Waals surface area (Å²) in [6.07, 6.45) is 2.93. The zero-order chi connectivity index (χ0) is 14.1. The molecule has 0 saturated heterocycles. The average Bonchev–Trinajstić information content (AvgIpc) is 2.37. The highest BCUT2D eigenvalue weighted by atomic mass is 35.5. The number of nitrogens with one attached hydrogen (secondary N) is 2. The van der Waals surface area contributed by atoms with Gasteiger partial charge in [0, 0.05) is 6.54 Å². The Morgan fingerprint density at radius 1 is 1.16 bits per heavy atom. The molecule has 0 radical (unpaired) electrons. The molecule has 104 valence electrons. The van der Waals surface area contributed by atoms with Crippen LogP contribution in [0.15, 0.2) is 24.3 Å². The summed E-state index contributed by atoms with van der Waals surface area (Å²) in [6, 6.07) is 6.92. The molecule has 0 aliphatic carbocycles. The van der Waals surface area contributed by atoms with Gasteiger partial charge in [0.2, 0.25) is 11.8 Å². The van der Waals surface area contributed by atoms with Gasteiger partial charge in [0.05, 0.1) is 10.7 Å². The van der Waals surface area contributed by atoms with Gasteiger partial charge in [-0.05, 0) is 18.6 Å². The number of hydrogen-bond donors (Lipinski definition) is 2. The zero-order valence-corrected chi connectivity index (χ0v) is 11.8. The van der Waals surface area contributed by atoms with Crippen LogP contribution >= 0.6 is 11.6 Å². The Morgan fingerprint density at radius 2 is 1.89 bits per heavy atom. The Hall–Kier alpha value is -1.55. The van der Waals surface area contributed by atoms with Gasteiger partial charge >= 0.3 is 0 Å². The Balaban J connectivity index is 2.31. The molecule has 0 bridgehead atoms. The van der Waals surface area contributed by atoms with Crippen LogP contribution in [0.1, 0.15) is 32.6 Å². The van der Waals surface area contributed by atoms with E-state index in [4.69, 9.17) is 11.6 Å². The smallest absolute Gasteiger partial charge is 0.233 e. The van der Waals surface area contributed by atoms with E-state index in [2.05, 4.69) is 17.6 Å². The van der Waals surface area contributed by atoms with Gasteiger partial charge in [-0.25, -0.2) is 0 Å². The Kier molecular flexibility index (Phi) is 6.97. The largest absolute Gasteiger partial charge is 0.356 e. The fourth-order valence-electron chi connectivity index (χ4n) is 1.57. The molecule has 4 nitrogen and oxygen atoms in total. The van der Waals surface area contributed by atoms with Crippen molar-refractivity contribution in [1.29, 1.82) is 0 Å². The monoisotopic (exact) mass is 282 g/mol. The van der Waals surface area contributed by atoms with Crippen LogP contribution < -0.4 is 10.6 Å². The number of unbranched alkanes of at least 4 members (excludes halogenated alkanes) is 2. The Bertz CT molecular complexity index is 435. The average molecular weight is 283 g/mol. The van der Waals surface area contributed by atoms with E-state index in [-0.39, 0.29) is 18.2 Å². The van der Waals surface area contributed by atoms with Crippen LogP contribution in [0.25, 0.3) is 0 Å². The third-order valence-electron chi connectivity index (χ3n) is 2.57. The van der Waals surface area contributed by atoms with Crippen molar-refractivity contribution in [2.75, 3.05) is 11.9 Å². The number of carbonyl (C=O) groups excluding carboxylic acids is 2. The number of rotatable bonds is 7. The second-order valence-corrected chi connectivity index (χ2v) is 4.67. The normalized spacial score (nSPS) is 10.0. The van der Waals surface area contributed by atoms with E-state index in [9.17, 15) is 9.59 Å². The van der Waals surface area contributed by atoms with Crippen LogP contribution in [0.4, 0.5) is 5.69 Å². The van der Waals surface area contributed by atoms with Crippen molar-refractivity contribution < 1.29 is 9.59 Å². The second-order valence-electron chi connectivity index (χ2n) is 4.26. The summed E-state index contributed by atoms with van der Waals surface area (Å²) in [5.74, 6) is -0.623. The maximum absolute atomic E-state index is 11.6. The van der Waals surface area contributed by atoms with Crippen molar-refractivity contribution in [2.45, 2.75) is 32.6 Å². The molecule has 2 N–H and O–H groups in total. The zero-order valence-electron chi connectivity index (χ0n) is 11.0. The van der Waals surface area contributed by atoms with Crippen LogP contribution in [0, 0.1) is 0 Å². The highest BCUT2D eigenvalue weighted by molar-refractivity contribution is 6.33. The summed E-state index contributed by atoms with van der Waals surface area (Å²) in [6.45, 7) is 2.71. The maximum atomic E-state index is 11.6. The molecule has 1 rings (SSSR count). The van der Waals surface area contributed by atoms with E-state index in [1.165, 1.54) is 0 Å². The quantitative estimate of drug-likeness (QED) is 0.597. The van der Waals surface area contributed by atoms with E-state index >= 15 is 0 Å². The maximum Gasteiger partial charge on any atom is 0.233 e. The van der Waals surface area contributed by atoms with E-state index in [0.29, 0.717) is 17.3 Å². The summed E-state index contributed by atoms with van der Waals surface area (Å²) in [4.78, 5) is 23.1. The predicted molar refractivity (Wildman–Crippen MR) is 77.2 cm³/mol. The molecule has 0 saturated carbocycles. The molecule has 1 aromatic carbocycles. The van der Waals surface area contributed by atoms with Crippen molar-refractivity contribution in [3.63, 3.8) is 0 Å². The molecule has 0 unspecified atom stereocenters. The molecule has 0 atom stereocenters. The van der Waals surface area contributed by atoms with Crippen molar-refractivity contribution in [1.82, 2.24) is 5.32 Å². The summed E-state index contributed by atoms with van der Waals surface area (Å²) in [7, 11) is 0. The first-order valence-electron chi connectivity index (χ1n) is 6.44. The highest BCUT2D eigenvalue weighted by Crippen LogP contribution is 2.20. The molecule has 0 aromatic heterocycles. The third kappa shape index (κ3) is 6.25. The molecule has 0 fully saturated rings. The van der Waals surface area contributed by atoms with Gasteiger partial charge in [-0.1, -0.05) is 43.5 Å². The van der Waals surface area contributed by atoms with E-state index in [1.54, 1.807) is 24.3 Å². The SMILES string of the molecule is CCCCCNC(=O)CC(=O)Nc1ccccc1Cl. The lowest BCUT2D eigenvalue weighted by molar-refractivity contribution is -0.126. The van der Waals surface area contributed by atoms with Crippen molar-refractivity contribution in [2.24, 2.45) is 0 Å². The Morgan fingerprint density at radius 3 is 2.58 bits per heavy atom. The molecule has 0 spiro atoms. The number of anilines is 1. The molecule has 0 heterocycles. The van der Waals surface area contributed by atoms with Gasteiger partial charge in [0.1, 0.15) is 6.42 Å². The molecular formula is C14H19ClN2O2. The van der Waals surface area contributed by atoms with Crippen LogP contribution in [0.3, 0.4) is 0 Å². The van der Waals surface area contributed by atoms with Gasteiger partial charge in [0.15, 0.2) is 0 Å². The standard InChI is InChI=1S/C14H19ClN2O2/c1-2-3-6-9-16-13(18)10-14(19)17-12-8-5-4-7-11(12)15/h4-5,7-8H,2-3,6,9-10H2,1H3,(H,16,18)(H,17,19). The Labute approximate surface area is 118 Å². The van der Waals surface area contributed by atoms with E-state index < -0.39 is 0 Å².